The Morgan fingerprint density at radius 2 is 1.83 bits per heavy atom. The maximum absolute atomic E-state index is 5.37. The van der Waals surface area contributed by atoms with Crippen LogP contribution in [0.1, 0.15) is 40.4 Å². The standard InChI is InChI=1S/C7H12N2O.C2H6/c1-7(2,3)5-4-6(8)9-10-5;1-2/h4H,1-3H3,(H2,8,9);1-2H3. The van der Waals surface area contributed by atoms with Crippen LogP contribution in [-0.2, 0) is 5.41 Å². The summed E-state index contributed by atoms with van der Waals surface area (Å²) in [6.45, 7) is 10.1. The third-order valence-electron chi connectivity index (χ3n) is 1.27. The average Bonchev–Trinajstić information content (AvgIpc) is 2.39. The van der Waals surface area contributed by atoms with E-state index in [-0.39, 0.29) is 5.41 Å². The molecule has 3 nitrogen and oxygen atoms in total. The van der Waals surface area contributed by atoms with Gasteiger partial charge in [-0.15, -0.1) is 0 Å². The lowest BCUT2D eigenvalue weighted by molar-refractivity contribution is 0.331. The van der Waals surface area contributed by atoms with Crippen molar-refractivity contribution in [3.05, 3.63) is 11.8 Å². The first-order chi connectivity index (χ1) is 5.50. The van der Waals surface area contributed by atoms with E-state index in [1.807, 2.05) is 34.6 Å². The van der Waals surface area contributed by atoms with Crippen LogP contribution in [0.15, 0.2) is 10.6 Å². The van der Waals surface area contributed by atoms with Crippen molar-refractivity contribution >= 4 is 5.82 Å². The van der Waals surface area contributed by atoms with Crippen LogP contribution in [-0.4, -0.2) is 5.16 Å². The fraction of sp³-hybridized carbons (Fsp3) is 0.667. The van der Waals surface area contributed by atoms with E-state index >= 15 is 0 Å². The van der Waals surface area contributed by atoms with Gasteiger partial charge >= 0.3 is 0 Å². The number of nitrogens with two attached hydrogens (primary N) is 1. The Hall–Kier alpha value is -0.990. The van der Waals surface area contributed by atoms with Crippen LogP contribution in [0.5, 0.6) is 0 Å². The second-order valence-corrected chi connectivity index (χ2v) is 3.37. The summed E-state index contributed by atoms with van der Waals surface area (Å²) in [4.78, 5) is 0. The van der Waals surface area contributed by atoms with Gasteiger partial charge in [-0.05, 0) is 0 Å². The van der Waals surface area contributed by atoms with Crippen molar-refractivity contribution in [3.63, 3.8) is 0 Å². The summed E-state index contributed by atoms with van der Waals surface area (Å²) >= 11 is 0. The van der Waals surface area contributed by atoms with Gasteiger partial charge in [-0.1, -0.05) is 39.8 Å². The molecule has 0 aliphatic carbocycles. The van der Waals surface area contributed by atoms with E-state index in [0.29, 0.717) is 5.82 Å². The molecule has 0 bridgehead atoms. The zero-order chi connectivity index (χ0) is 9.78. The molecule has 70 valence electrons. The monoisotopic (exact) mass is 170 g/mol. The summed E-state index contributed by atoms with van der Waals surface area (Å²) < 4.78 is 4.95. The van der Waals surface area contributed by atoms with Crippen LogP contribution in [0.4, 0.5) is 5.82 Å². The highest BCUT2D eigenvalue weighted by Gasteiger charge is 2.18. The van der Waals surface area contributed by atoms with Crippen molar-refractivity contribution in [1.29, 1.82) is 0 Å². The Kier molecular flexibility index (Phi) is 3.80. The zero-order valence-corrected chi connectivity index (χ0v) is 8.51. The lowest BCUT2D eigenvalue weighted by atomic mass is 9.93. The maximum Gasteiger partial charge on any atom is 0.167 e. The molecule has 12 heavy (non-hydrogen) atoms. The third kappa shape index (κ3) is 2.95. The van der Waals surface area contributed by atoms with Crippen LogP contribution in [0, 0.1) is 0 Å². The van der Waals surface area contributed by atoms with E-state index < -0.39 is 0 Å². The third-order valence-corrected chi connectivity index (χ3v) is 1.27. The van der Waals surface area contributed by atoms with Gasteiger partial charge in [0.15, 0.2) is 5.82 Å². The molecule has 0 aliphatic heterocycles. The number of hydrogen-bond donors (Lipinski definition) is 1. The molecule has 1 rings (SSSR count). The molecule has 0 aromatic carbocycles. The molecule has 0 saturated carbocycles. The Morgan fingerprint density at radius 1 is 1.33 bits per heavy atom. The van der Waals surface area contributed by atoms with Crippen LogP contribution >= 0.6 is 0 Å². The van der Waals surface area contributed by atoms with Gasteiger partial charge in [0.25, 0.3) is 0 Å². The van der Waals surface area contributed by atoms with Crippen LogP contribution in [0.2, 0.25) is 0 Å². The minimum absolute atomic E-state index is 0.00458. The fourth-order valence-electron chi connectivity index (χ4n) is 0.642. The van der Waals surface area contributed by atoms with E-state index in [1.54, 1.807) is 6.07 Å². The van der Waals surface area contributed by atoms with Crippen molar-refractivity contribution < 1.29 is 4.52 Å². The van der Waals surface area contributed by atoms with Gasteiger partial charge in [-0.2, -0.15) is 0 Å². The van der Waals surface area contributed by atoms with E-state index in [2.05, 4.69) is 5.16 Å². The lowest BCUT2D eigenvalue weighted by Crippen LogP contribution is -2.09. The largest absolute Gasteiger partial charge is 0.381 e. The van der Waals surface area contributed by atoms with Crippen LogP contribution in [0.25, 0.3) is 0 Å². The Labute approximate surface area is 73.9 Å². The summed E-state index contributed by atoms with van der Waals surface area (Å²) in [5.74, 6) is 1.27. The number of nitrogen functional groups attached to an aromatic ring is 1. The molecule has 0 aliphatic rings. The summed E-state index contributed by atoms with van der Waals surface area (Å²) in [6.07, 6.45) is 0. The number of anilines is 1. The van der Waals surface area contributed by atoms with Crippen molar-refractivity contribution in [3.8, 4) is 0 Å². The average molecular weight is 170 g/mol. The van der Waals surface area contributed by atoms with E-state index in [0.717, 1.165) is 5.76 Å². The number of aromatic nitrogens is 1. The number of hydrogen-bond acceptors (Lipinski definition) is 3. The summed E-state index contributed by atoms with van der Waals surface area (Å²) in [5, 5.41) is 3.59. The fourth-order valence-corrected chi connectivity index (χ4v) is 0.642. The molecule has 0 fully saturated rings. The Bertz CT molecular complexity index is 223. The lowest BCUT2D eigenvalue weighted by Gasteiger charge is -2.11. The summed E-state index contributed by atoms with van der Waals surface area (Å²) in [5.41, 5.74) is 5.38. The predicted molar refractivity (Wildman–Crippen MR) is 51.0 cm³/mol. The highest BCUT2D eigenvalue weighted by Crippen LogP contribution is 2.22. The van der Waals surface area contributed by atoms with E-state index in [9.17, 15) is 0 Å². The van der Waals surface area contributed by atoms with E-state index in [4.69, 9.17) is 10.3 Å². The molecule has 0 spiro atoms. The molecule has 0 atom stereocenters. The topological polar surface area (TPSA) is 52.0 Å². The molecular formula is C9H18N2O. The highest BCUT2D eigenvalue weighted by molar-refractivity contribution is 5.29. The number of rotatable bonds is 0. The normalized spacial score (nSPS) is 10.4. The van der Waals surface area contributed by atoms with Gasteiger partial charge in [-0.25, -0.2) is 0 Å². The van der Waals surface area contributed by atoms with Gasteiger partial charge in [0.05, 0.1) is 0 Å². The summed E-state index contributed by atoms with van der Waals surface area (Å²) in [7, 11) is 0. The first-order valence-electron chi connectivity index (χ1n) is 4.23. The van der Waals surface area contributed by atoms with Crippen molar-refractivity contribution in [1.82, 2.24) is 5.16 Å². The second-order valence-electron chi connectivity index (χ2n) is 3.37. The Morgan fingerprint density at radius 3 is 2.00 bits per heavy atom. The molecule has 0 unspecified atom stereocenters. The van der Waals surface area contributed by atoms with Crippen LogP contribution < -0.4 is 5.73 Å². The smallest absolute Gasteiger partial charge is 0.167 e. The molecule has 0 radical (unpaired) electrons. The molecular weight excluding hydrogens is 152 g/mol. The minimum atomic E-state index is 0.00458. The molecule has 3 heteroatoms. The van der Waals surface area contributed by atoms with Gasteiger partial charge < -0.3 is 10.3 Å². The van der Waals surface area contributed by atoms with E-state index in [1.165, 1.54) is 0 Å². The maximum atomic E-state index is 5.37. The second kappa shape index (κ2) is 4.14. The minimum Gasteiger partial charge on any atom is -0.381 e. The first kappa shape index (κ1) is 11.0. The Balaban J connectivity index is 0.000000561. The molecule has 1 aromatic heterocycles. The van der Waals surface area contributed by atoms with Gasteiger partial charge in [0, 0.05) is 11.5 Å². The SMILES string of the molecule is CC.CC(C)(C)c1cc(N)no1. The molecule has 0 amide bonds. The van der Waals surface area contributed by atoms with Gasteiger partial charge in [0.1, 0.15) is 5.76 Å². The molecule has 1 heterocycles. The highest BCUT2D eigenvalue weighted by atomic mass is 16.5. The predicted octanol–water partition coefficient (Wildman–Crippen LogP) is 2.58. The van der Waals surface area contributed by atoms with Crippen molar-refractivity contribution in [2.45, 2.75) is 40.0 Å². The molecule has 0 saturated heterocycles. The quantitative estimate of drug-likeness (QED) is 0.651. The van der Waals surface area contributed by atoms with Crippen LogP contribution in [0.3, 0.4) is 0 Å². The number of nitrogens with zero attached hydrogens (tertiary/aromatic N) is 1. The summed E-state index contributed by atoms with van der Waals surface area (Å²) in [6, 6.07) is 1.75. The molecule has 2 N–H and O–H groups in total. The zero-order valence-electron chi connectivity index (χ0n) is 8.51. The van der Waals surface area contributed by atoms with Crippen molar-refractivity contribution in [2.75, 3.05) is 5.73 Å². The molecule has 1 aromatic rings. The van der Waals surface area contributed by atoms with Gasteiger partial charge in [-0.3, -0.25) is 0 Å². The first-order valence-corrected chi connectivity index (χ1v) is 4.23. The van der Waals surface area contributed by atoms with Gasteiger partial charge in [0.2, 0.25) is 0 Å². The van der Waals surface area contributed by atoms with Crippen molar-refractivity contribution in [2.24, 2.45) is 0 Å².